The smallest absolute Gasteiger partial charge is 0.255 e. The molecule has 5 heteroatoms. The van der Waals surface area contributed by atoms with Gasteiger partial charge in [0.2, 0.25) is 0 Å². The van der Waals surface area contributed by atoms with Crippen molar-refractivity contribution >= 4 is 23.4 Å². The number of amides is 1. The summed E-state index contributed by atoms with van der Waals surface area (Å²) in [4.78, 5) is 16.5. The van der Waals surface area contributed by atoms with Gasteiger partial charge in [0.25, 0.3) is 5.91 Å². The van der Waals surface area contributed by atoms with Gasteiger partial charge in [-0.3, -0.25) is 9.78 Å². The van der Waals surface area contributed by atoms with E-state index >= 15 is 0 Å². The number of aromatic nitrogens is 1. The van der Waals surface area contributed by atoms with Gasteiger partial charge in [0.15, 0.2) is 0 Å². The van der Waals surface area contributed by atoms with Crippen LogP contribution in [0.25, 0.3) is 0 Å². The van der Waals surface area contributed by atoms with Crippen LogP contribution < -0.4 is 10.6 Å². The van der Waals surface area contributed by atoms with Crippen molar-refractivity contribution in [1.82, 2.24) is 10.3 Å². The Morgan fingerprint density at radius 1 is 1.40 bits per heavy atom. The zero-order valence-electron chi connectivity index (χ0n) is 13.0. The molecule has 1 aromatic heterocycles. The summed E-state index contributed by atoms with van der Waals surface area (Å²) in [5, 5.41) is 6.10. The minimum atomic E-state index is -0.0674. The topological polar surface area (TPSA) is 54.0 Å². The maximum atomic E-state index is 12.3. The van der Waals surface area contributed by atoms with Crippen LogP contribution in [0.15, 0.2) is 12.3 Å². The van der Waals surface area contributed by atoms with Gasteiger partial charge < -0.3 is 10.6 Å². The third-order valence-electron chi connectivity index (χ3n) is 3.85. The molecule has 0 atom stereocenters. The maximum absolute atomic E-state index is 12.3. The van der Waals surface area contributed by atoms with Crippen LogP contribution in [-0.2, 0) is 0 Å². The number of carbonyl (C=O) groups excluding carboxylic acids is 1. The summed E-state index contributed by atoms with van der Waals surface area (Å²) in [6, 6.07) is 1.89. The van der Waals surface area contributed by atoms with Gasteiger partial charge in [-0.2, -0.15) is 11.8 Å². The number of pyridine rings is 1. The summed E-state index contributed by atoms with van der Waals surface area (Å²) >= 11 is 1.82. The number of carbonyl (C=O) groups is 1. The summed E-state index contributed by atoms with van der Waals surface area (Å²) < 4.78 is 0.119. The van der Waals surface area contributed by atoms with Crippen molar-refractivity contribution in [2.45, 2.75) is 38.4 Å². The molecule has 112 valence electrons. The first-order valence-electron chi connectivity index (χ1n) is 6.99. The van der Waals surface area contributed by atoms with E-state index < -0.39 is 0 Å². The normalized spacial score (nSPS) is 11.2. The second kappa shape index (κ2) is 7.53. The molecule has 0 fully saturated rings. The third-order valence-corrected chi connectivity index (χ3v) is 5.44. The first kappa shape index (κ1) is 16.8. The van der Waals surface area contributed by atoms with Crippen molar-refractivity contribution < 1.29 is 4.79 Å². The highest BCUT2D eigenvalue weighted by molar-refractivity contribution is 8.00. The number of rotatable bonds is 7. The van der Waals surface area contributed by atoms with Crippen molar-refractivity contribution in [2.75, 3.05) is 25.2 Å². The summed E-state index contributed by atoms with van der Waals surface area (Å²) in [5.41, 5.74) is 2.31. The Morgan fingerprint density at radius 3 is 2.55 bits per heavy atom. The van der Waals surface area contributed by atoms with Crippen LogP contribution in [0.4, 0.5) is 5.69 Å². The summed E-state index contributed by atoms with van der Waals surface area (Å²) in [6.07, 6.45) is 5.81. The number of nitrogens with one attached hydrogen (secondary N) is 2. The van der Waals surface area contributed by atoms with Gasteiger partial charge in [-0.15, -0.1) is 0 Å². The first-order chi connectivity index (χ1) is 9.51. The van der Waals surface area contributed by atoms with Crippen molar-refractivity contribution in [1.29, 1.82) is 0 Å². The van der Waals surface area contributed by atoms with Gasteiger partial charge in [0.05, 0.1) is 11.3 Å². The molecule has 1 rings (SSSR count). The number of aryl methyl sites for hydroxylation is 1. The Balaban J connectivity index is 2.82. The van der Waals surface area contributed by atoms with E-state index in [2.05, 4.69) is 35.7 Å². The molecule has 0 aliphatic carbocycles. The Labute approximate surface area is 126 Å². The summed E-state index contributed by atoms with van der Waals surface area (Å²) in [5.74, 6) is -0.0674. The largest absolute Gasteiger partial charge is 0.387 e. The predicted molar refractivity (Wildman–Crippen MR) is 87.7 cm³/mol. The minimum Gasteiger partial charge on any atom is -0.387 e. The summed E-state index contributed by atoms with van der Waals surface area (Å²) in [7, 11) is 1.82. The van der Waals surface area contributed by atoms with Crippen molar-refractivity contribution in [2.24, 2.45) is 0 Å². The van der Waals surface area contributed by atoms with E-state index in [4.69, 9.17) is 0 Å². The number of nitrogens with zero attached hydrogens (tertiary/aromatic N) is 1. The van der Waals surface area contributed by atoms with E-state index in [1.165, 1.54) is 0 Å². The van der Waals surface area contributed by atoms with Gasteiger partial charge in [-0.1, -0.05) is 13.8 Å². The number of thioether (sulfide) groups is 1. The van der Waals surface area contributed by atoms with Crippen LogP contribution in [-0.4, -0.2) is 35.5 Å². The molecule has 0 spiro atoms. The van der Waals surface area contributed by atoms with E-state index in [1.807, 2.05) is 31.8 Å². The number of anilines is 1. The molecular weight excluding hydrogens is 270 g/mol. The van der Waals surface area contributed by atoms with Gasteiger partial charge in [0, 0.05) is 30.2 Å². The van der Waals surface area contributed by atoms with Crippen LogP contribution in [0.2, 0.25) is 0 Å². The highest BCUT2D eigenvalue weighted by Gasteiger charge is 2.26. The molecule has 0 saturated heterocycles. The zero-order valence-corrected chi connectivity index (χ0v) is 13.9. The highest BCUT2D eigenvalue weighted by Crippen LogP contribution is 2.29. The lowest BCUT2D eigenvalue weighted by Gasteiger charge is -2.29. The van der Waals surface area contributed by atoms with E-state index in [0.29, 0.717) is 12.1 Å². The van der Waals surface area contributed by atoms with Crippen LogP contribution in [0.1, 0.15) is 42.7 Å². The molecule has 2 N–H and O–H groups in total. The maximum Gasteiger partial charge on any atom is 0.255 e. The molecule has 0 unspecified atom stereocenters. The van der Waals surface area contributed by atoms with Crippen LogP contribution in [0, 0.1) is 6.92 Å². The van der Waals surface area contributed by atoms with Crippen LogP contribution in [0.3, 0.4) is 0 Å². The van der Waals surface area contributed by atoms with E-state index in [-0.39, 0.29) is 10.7 Å². The fourth-order valence-corrected chi connectivity index (χ4v) is 2.94. The molecule has 0 aliphatic heterocycles. The minimum absolute atomic E-state index is 0.0674. The summed E-state index contributed by atoms with van der Waals surface area (Å²) in [6.45, 7) is 6.92. The Hall–Kier alpha value is -1.23. The van der Waals surface area contributed by atoms with Crippen molar-refractivity contribution in [3.05, 3.63) is 23.5 Å². The average molecular weight is 295 g/mol. The first-order valence-corrected chi connectivity index (χ1v) is 8.22. The standard InChI is InChI=1S/C15H25N3OS/c1-6-15(7-2,20-5)10-18-14(19)12-9-17-11(3)8-13(12)16-4/h8-9H,6-7,10H2,1-5H3,(H,16,17)(H,18,19). The van der Waals surface area contributed by atoms with E-state index in [9.17, 15) is 4.79 Å². The van der Waals surface area contributed by atoms with E-state index in [0.717, 1.165) is 24.2 Å². The molecule has 1 heterocycles. The van der Waals surface area contributed by atoms with E-state index in [1.54, 1.807) is 6.20 Å². The van der Waals surface area contributed by atoms with Crippen molar-refractivity contribution in [3.8, 4) is 0 Å². The van der Waals surface area contributed by atoms with Gasteiger partial charge in [-0.05, 0) is 32.1 Å². The molecular formula is C15H25N3OS. The second-order valence-corrected chi connectivity index (χ2v) is 6.17. The molecule has 0 saturated carbocycles. The lowest BCUT2D eigenvalue weighted by Crippen LogP contribution is -2.39. The number of hydrogen-bond donors (Lipinski definition) is 2. The molecule has 0 aromatic carbocycles. The monoisotopic (exact) mass is 295 g/mol. The number of hydrogen-bond acceptors (Lipinski definition) is 4. The molecule has 0 aliphatic rings. The predicted octanol–water partition coefficient (Wildman–Crippen LogP) is 3.08. The lowest BCUT2D eigenvalue weighted by molar-refractivity contribution is 0.0949. The third kappa shape index (κ3) is 3.88. The van der Waals surface area contributed by atoms with Crippen LogP contribution in [0.5, 0.6) is 0 Å². The molecule has 0 radical (unpaired) electrons. The molecule has 1 amide bonds. The molecule has 1 aromatic rings. The molecule has 0 bridgehead atoms. The van der Waals surface area contributed by atoms with Gasteiger partial charge in [0.1, 0.15) is 0 Å². The fourth-order valence-electron chi connectivity index (χ4n) is 2.15. The van der Waals surface area contributed by atoms with Crippen molar-refractivity contribution in [3.63, 3.8) is 0 Å². The molecule has 4 nitrogen and oxygen atoms in total. The van der Waals surface area contributed by atoms with Crippen LogP contribution >= 0.6 is 11.8 Å². The van der Waals surface area contributed by atoms with Gasteiger partial charge in [-0.25, -0.2) is 0 Å². The Morgan fingerprint density at radius 2 is 2.05 bits per heavy atom. The second-order valence-electron chi connectivity index (χ2n) is 4.90. The molecule has 20 heavy (non-hydrogen) atoms. The lowest BCUT2D eigenvalue weighted by atomic mass is 10.0. The Kier molecular flexibility index (Phi) is 6.33. The highest BCUT2D eigenvalue weighted by atomic mass is 32.2. The average Bonchev–Trinajstić information content (AvgIpc) is 2.48. The fraction of sp³-hybridized carbons (Fsp3) is 0.600. The van der Waals surface area contributed by atoms with Gasteiger partial charge >= 0.3 is 0 Å². The Bertz CT molecular complexity index is 450. The zero-order chi connectivity index (χ0) is 15.2. The quantitative estimate of drug-likeness (QED) is 0.811. The SMILES string of the molecule is CCC(CC)(CNC(=O)c1cnc(C)cc1NC)SC.